The van der Waals surface area contributed by atoms with Crippen LogP contribution in [0.5, 0.6) is 0 Å². The molecule has 124 valence electrons. The van der Waals surface area contributed by atoms with E-state index in [1.54, 1.807) is 35.7 Å². The van der Waals surface area contributed by atoms with Crippen molar-refractivity contribution >= 4 is 56.7 Å². The van der Waals surface area contributed by atoms with Gasteiger partial charge in [-0.2, -0.15) is 0 Å². The number of nitrogens with one attached hydrogen (secondary N) is 1. The molecule has 8 heteroatoms. The van der Waals surface area contributed by atoms with Gasteiger partial charge >= 0.3 is 0 Å². The smallest absolute Gasteiger partial charge is 0.187 e. The number of aromatic nitrogens is 3. The summed E-state index contributed by atoms with van der Waals surface area (Å²) in [5, 5.41) is 9.93. The van der Waals surface area contributed by atoms with Crippen LogP contribution in [0.4, 0.5) is 10.8 Å². The molecule has 0 aliphatic carbocycles. The number of hydrogen-bond donors (Lipinski definition) is 1. The van der Waals surface area contributed by atoms with E-state index in [0.29, 0.717) is 10.0 Å². The van der Waals surface area contributed by atoms with Gasteiger partial charge in [-0.1, -0.05) is 29.3 Å². The number of benzene rings is 1. The second kappa shape index (κ2) is 7.09. The molecule has 3 aromatic heterocycles. The van der Waals surface area contributed by atoms with Gasteiger partial charge in [-0.15, -0.1) is 22.7 Å². The van der Waals surface area contributed by atoms with E-state index in [4.69, 9.17) is 23.2 Å². The summed E-state index contributed by atoms with van der Waals surface area (Å²) in [5.74, 6) is 0. The first-order valence-electron chi connectivity index (χ1n) is 7.23. The fourth-order valence-corrected chi connectivity index (χ4v) is 4.29. The van der Waals surface area contributed by atoms with Gasteiger partial charge in [-0.3, -0.25) is 4.98 Å². The monoisotopic (exact) mass is 404 g/mol. The van der Waals surface area contributed by atoms with E-state index in [1.165, 1.54) is 11.3 Å². The van der Waals surface area contributed by atoms with E-state index in [-0.39, 0.29) is 0 Å². The zero-order valence-corrected chi connectivity index (χ0v) is 15.8. The van der Waals surface area contributed by atoms with Crippen LogP contribution in [0.1, 0.15) is 0 Å². The first-order valence-corrected chi connectivity index (χ1v) is 9.75. The van der Waals surface area contributed by atoms with Gasteiger partial charge in [0.15, 0.2) is 5.13 Å². The predicted octanol–water partition coefficient (Wildman–Crippen LogP) is 6.38. The van der Waals surface area contributed by atoms with Crippen molar-refractivity contribution in [3.05, 3.63) is 63.4 Å². The maximum absolute atomic E-state index is 6.02. The largest absolute Gasteiger partial charge is 0.331 e. The Balaban J connectivity index is 1.56. The van der Waals surface area contributed by atoms with Crippen molar-refractivity contribution in [3.63, 3.8) is 0 Å². The van der Waals surface area contributed by atoms with Crippen molar-refractivity contribution < 1.29 is 0 Å². The number of rotatable bonds is 4. The Morgan fingerprint density at radius 1 is 0.840 bits per heavy atom. The number of thiazole rings is 2. The first kappa shape index (κ1) is 16.5. The van der Waals surface area contributed by atoms with Crippen LogP contribution >= 0.6 is 45.9 Å². The molecule has 0 atom stereocenters. The molecule has 0 radical (unpaired) electrons. The fraction of sp³-hybridized carbons (Fsp3) is 0. The number of anilines is 2. The Morgan fingerprint density at radius 2 is 1.64 bits per heavy atom. The predicted molar refractivity (Wildman–Crippen MR) is 106 cm³/mol. The van der Waals surface area contributed by atoms with Gasteiger partial charge in [0.25, 0.3) is 0 Å². The van der Waals surface area contributed by atoms with Crippen LogP contribution in [0.2, 0.25) is 10.0 Å². The van der Waals surface area contributed by atoms with Crippen LogP contribution < -0.4 is 5.32 Å². The van der Waals surface area contributed by atoms with Gasteiger partial charge in [0.05, 0.1) is 5.69 Å². The minimum Gasteiger partial charge on any atom is -0.331 e. The molecule has 0 unspecified atom stereocenters. The second-order valence-electron chi connectivity index (χ2n) is 5.07. The summed E-state index contributed by atoms with van der Waals surface area (Å²) in [6, 6.07) is 11.1. The average Bonchev–Trinajstić information content (AvgIpc) is 3.24. The van der Waals surface area contributed by atoms with Gasteiger partial charge in [0, 0.05) is 32.7 Å². The Kier molecular flexibility index (Phi) is 4.67. The van der Waals surface area contributed by atoms with Gasteiger partial charge in [0.2, 0.25) is 0 Å². The van der Waals surface area contributed by atoms with Crippen LogP contribution in [0.25, 0.3) is 22.1 Å². The van der Waals surface area contributed by atoms with Crippen LogP contribution in [-0.4, -0.2) is 15.0 Å². The lowest BCUT2D eigenvalue weighted by atomic mass is 10.3. The molecule has 1 aromatic carbocycles. The third kappa shape index (κ3) is 3.82. The zero-order chi connectivity index (χ0) is 17.2. The highest BCUT2D eigenvalue weighted by molar-refractivity contribution is 7.15. The van der Waals surface area contributed by atoms with Crippen LogP contribution in [0.3, 0.4) is 0 Å². The van der Waals surface area contributed by atoms with E-state index in [1.807, 2.05) is 29.0 Å². The minimum atomic E-state index is 0.576. The zero-order valence-electron chi connectivity index (χ0n) is 12.6. The van der Waals surface area contributed by atoms with Crippen molar-refractivity contribution in [2.24, 2.45) is 0 Å². The molecular formula is C17H10Cl2N4S2. The van der Waals surface area contributed by atoms with Crippen molar-refractivity contribution in [2.75, 3.05) is 5.32 Å². The molecule has 4 nitrogen and oxygen atoms in total. The summed E-state index contributed by atoms with van der Waals surface area (Å²) in [6.45, 7) is 0. The normalized spacial score (nSPS) is 10.8. The Hall–Kier alpha value is -1.99. The summed E-state index contributed by atoms with van der Waals surface area (Å²) in [7, 11) is 0. The topological polar surface area (TPSA) is 50.7 Å². The number of halogens is 2. The lowest BCUT2D eigenvalue weighted by Gasteiger charge is -2.03. The van der Waals surface area contributed by atoms with E-state index in [2.05, 4.69) is 20.3 Å². The number of nitrogens with zero attached hydrogens (tertiary/aromatic N) is 3. The molecule has 4 rings (SSSR count). The molecule has 25 heavy (non-hydrogen) atoms. The van der Waals surface area contributed by atoms with E-state index in [9.17, 15) is 0 Å². The summed E-state index contributed by atoms with van der Waals surface area (Å²) >= 11 is 15.1. The highest BCUT2D eigenvalue weighted by atomic mass is 35.5. The molecule has 0 saturated carbocycles. The van der Waals surface area contributed by atoms with Gasteiger partial charge in [-0.25, -0.2) is 9.97 Å². The molecule has 0 aliphatic heterocycles. The lowest BCUT2D eigenvalue weighted by Crippen LogP contribution is -1.89. The quantitative estimate of drug-likeness (QED) is 0.428. The van der Waals surface area contributed by atoms with Crippen molar-refractivity contribution in [3.8, 4) is 22.1 Å². The fourth-order valence-electron chi connectivity index (χ4n) is 2.20. The maximum atomic E-state index is 6.02. The molecule has 0 bridgehead atoms. The summed E-state index contributed by atoms with van der Waals surface area (Å²) in [5.41, 5.74) is 3.33. The third-order valence-corrected chi connectivity index (χ3v) is 5.33. The Bertz CT molecular complexity index is 994. The van der Waals surface area contributed by atoms with Crippen LogP contribution in [0, 0.1) is 0 Å². The van der Waals surface area contributed by atoms with Gasteiger partial charge in [0.1, 0.15) is 16.4 Å². The highest BCUT2D eigenvalue weighted by Gasteiger charge is 2.11. The summed E-state index contributed by atoms with van der Waals surface area (Å²) < 4.78 is 0. The van der Waals surface area contributed by atoms with Gasteiger partial charge in [-0.05, 0) is 30.3 Å². The summed E-state index contributed by atoms with van der Waals surface area (Å²) in [4.78, 5) is 13.5. The molecular weight excluding hydrogens is 395 g/mol. The molecule has 0 spiro atoms. The van der Waals surface area contributed by atoms with Gasteiger partial charge < -0.3 is 5.32 Å². The van der Waals surface area contributed by atoms with Crippen molar-refractivity contribution in [1.82, 2.24) is 15.0 Å². The average molecular weight is 405 g/mol. The Labute approximate surface area is 162 Å². The van der Waals surface area contributed by atoms with Crippen molar-refractivity contribution in [1.29, 1.82) is 0 Å². The first-order chi connectivity index (χ1) is 12.2. The Morgan fingerprint density at radius 3 is 2.40 bits per heavy atom. The standard InChI is InChI=1S/C17H10Cl2N4S2/c18-10-5-11(19)7-12(6-10)21-17-23-15(9-25-17)16-22-14(8-24-16)13-3-1-2-4-20-13/h1-9H,(H,21,23). The van der Waals surface area contributed by atoms with E-state index >= 15 is 0 Å². The molecule has 0 fully saturated rings. The molecule has 4 aromatic rings. The van der Waals surface area contributed by atoms with Crippen LogP contribution in [0.15, 0.2) is 53.4 Å². The molecule has 0 saturated heterocycles. The summed E-state index contributed by atoms with van der Waals surface area (Å²) in [6.07, 6.45) is 1.76. The maximum Gasteiger partial charge on any atom is 0.187 e. The third-order valence-electron chi connectivity index (χ3n) is 3.27. The van der Waals surface area contributed by atoms with E-state index in [0.717, 1.165) is 32.9 Å². The molecule has 0 amide bonds. The number of hydrogen-bond acceptors (Lipinski definition) is 6. The van der Waals surface area contributed by atoms with E-state index < -0.39 is 0 Å². The van der Waals surface area contributed by atoms with Crippen molar-refractivity contribution in [2.45, 2.75) is 0 Å². The minimum absolute atomic E-state index is 0.576. The molecule has 1 N–H and O–H groups in total. The number of pyridine rings is 1. The lowest BCUT2D eigenvalue weighted by molar-refractivity contribution is 1.27. The van der Waals surface area contributed by atoms with Crippen LogP contribution in [-0.2, 0) is 0 Å². The molecule has 3 heterocycles. The second-order valence-corrected chi connectivity index (χ2v) is 7.66. The SMILES string of the molecule is Clc1cc(Cl)cc(Nc2nc(-c3nc(-c4ccccn4)cs3)cs2)c1. The molecule has 0 aliphatic rings. The highest BCUT2D eigenvalue weighted by Crippen LogP contribution is 2.32.